The zero-order valence-electron chi connectivity index (χ0n) is 12.9. The molecule has 0 saturated carbocycles. The Morgan fingerprint density at radius 3 is 2.81 bits per heavy atom. The van der Waals surface area contributed by atoms with Crippen molar-refractivity contribution in [3.05, 3.63) is 30.0 Å². The highest BCUT2D eigenvalue weighted by Crippen LogP contribution is 2.26. The second-order valence-electron chi connectivity index (χ2n) is 6.14. The maximum Gasteiger partial charge on any atom is 0.0727 e. The fourth-order valence-corrected chi connectivity index (χ4v) is 3.16. The summed E-state index contributed by atoms with van der Waals surface area (Å²) in [4.78, 5) is 7.11. The summed E-state index contributed by atoms with van der Waals surface area (Å²) in [5.41, 5.74) is 9.88. The number of hydrogen-bond donors (Lipinski definition) is 2. The molecule has 0 radical (unpaired) electrons. The van der Waals surface area contributed by atoms with E-state index in [2.05, 4.69) is 28.2 Å². The van der Waals surface area contributed by atoms with Crippen LogP contribution in [-0.2, 0) is 0 Å². The zero-order valence-corrected chi connectivity index (χ0v) is 12.9. The maximum absolute atomic E-state index is 5.93. The summed E-state index contributed by atoms with van der Waals surface area (Å²) >= 11 is 0. The smallest absolute Gasteiger partial charge is 0.0727 e. The van der Waals surface area contributed by atoms with E-state index in [1.165, 1.54) is 25.9 Å². The SMILES string of the molecule is Cc1cc(NC(C)CN2CCCC2)c2cc(N)ccc2n1. The lowest BCUT2D eigenvalue weighted by Crippen LogP contribution is -2.33. The molecule has 3 rings (SSSR count). The predicted molar refractivity (Wildman–Crippen MR) is 89.7 cm³/mol. The largest absolute Gasteiger partial charge is 0.399 e. The van der Waals surface area contributed by atoms with Crippen molar-refractivity contribution in [2.45, 2.75) is 32.7 Å². The molecule has 2 heterocycles. The number of anilines is 2. The average Bonchev–Trinajstić information content (AvgIpc) is 2.92. The standard InChI is InChI=1S/C17H24N4/c1-12-9-17(15-10-14(18)5-6-16(15)19-12)20-13(2)11-21-7-3-4-8-21/h5-6,9-10,13H,3-4,7-8,11,18H2,1-2H3,(H,19,20). The lowest BCUT2D eigenvalue weighted by Gasteiger charge is -2.23. The third-order valence-corrected chi connectivity index (χ3v) is 4.09. The molecule has 4 heteroatoms. The number of rotatable bonds is 4. The Kier molecular flexibility index (Phi) is 3.97. The first-order valence-corrected chi connectivity index (χ1v) is 7.77. The zero-order chi connectivity index (χ0) is 14.8. The molecular formula is C17H24N4. The molecule has 0 aliphatic carbocycles. The molecule has 112 valence electrons. The molecule has 0 bridgehead atoms. The van der Waals surface area contributed by atoms with Gasteiger partial charge in [-0.3, -0.25) is 4.98 Å². The summed E-state index contributed by atoms with van der Waals surface area (Å²) in [6.07, 6.45) is 2.67. The minimum atomic E-state index is 0.412. The summed E-state index contributed by atoms with van der Waals surface area (Å²) in [6.45, 7) is 7.83. The minimum absolute atomic E-state index is 0.412. The Balaban J connectivity index is 1.83. The van der Waals surface area contributed by atoms with Gasteiger partial charge in [0.2, 0.25) is 0 Å². The molecule has 1 fully saturated rings. The van der Waals surface area contributed by atoms with E-state index < -0.39 is 0 Å². The molecule has 1 aliphatic heterocycles. The highest BCUT2D eigenvalue weighted by molar-refractivity contribution is 5.93. The van der Waals surface area contributed by atoms with Crippen molar-refractivity contribution in [1.29, 1.82) is 0 Å². The second kappa shape index (κ2) is 5.90. The second-order valence-corrected chi connectivity index (χ2v) is 6.14. The van der Waals surface area contributed by atoms with E-state index in [9.17, 15) is 0 Å². The van der Waals surface area contributed by atoms with Gasteiger partial charge in [-0.25, -0.2) is 0 Å². The fourth-order valence-electron chi connectivity index (χ4n) is 3.16. The molecule has 1 saturated heterocycles. The first-order valence-electron chi connectivity index (χ1n) is 7.77. The summed E-state index contributed by atoms with van der Waals surface area (Å²) in [7, 11) is 0. The van der Waals surface area contributed by atoms with E-state index in [0.29, 0.717) is 6.04 Å². The van der Waals surface area contributed by atoms with E-state index in [1.807, 2.05) is 25.1 Å². The van der Waals surface area contributed by atoms with Crippen LogP contribution in [0, 0.1) is 6.92 Å². The van der Waals surface area contributed by atoms with Crippen LogP contribution in [0.15, 0.2) is 24.3 Å². The van der Waals surface area contributed by atoms with Crippen LogP contribution in [0.5, 0.6) is 0 Å². The first-order chi connectivity index (χ1) is 10.1. The van der Waals surface area contributed by atoms with Crippen LogP contribution >= 0.6 is 0 Å². The molecule has 1 aliphatic rings. The van der Waals surface area contributed by atoms with Crippen molar-refractivity contribution < 1.29 is 0 Å². The number of nitrogens with zero attached hydrogens (tertiary/aromatic N) is 2. The van der Waals surface area contributed by atoms with Gasteiger partial charge in [0.05, 0.1) is 5.52 Å². The van der Waals surface area contributed by atoms with E-state index in [-0.39, 0.29) is 0 Å². The van der Waals surface area contributed by atoms with Gasteiger partial charge in [0, 0.05) is 35.0 Å². The van der Waals surface area contributed by atoms with Crippen LogP contribution in [0.2, 0.25) is 0 Å². The van der Waals surface area contributed by atoms with Crippen molar-refractivity contribution in [3.63, 3.8) is 0 Å². The number of benzene rings is 1. The number of likely N-dealkylation sites (tertiary alicyclic amines) is 1. The molecule has 1 aromatic heterocycles. The molecule has 0 spiro atoms. The summed E-state index contributed by atoms with van der Waals surface area (Å²) in [6, 6.07) is 8.43. The van der Waals surface area contributed by atoms with Gasteiger partial charge in [-0.15, -0.1) is 0 Å². The van der Waals surface area contributed by atoms with Crippen LogP contribution in [0.1, 0.15) is 25.5 Å². The van der Waals surface area contributed by atoms with Gasteiger partial charge in [0.1, 0.15) is 0 Å². The number of pyridine rings is 1. The van der Waals surface area contributed by atoms with Gasteiger partial charge < -0.3 is 16.0 Å². The fraction of sp³-hybridized carbons (Fsp3) is 0.471. The third kappa shape index (κ3) is 3.27. The first kappa shape index (κ1) is 14.1. The quantitative estimate of drug-likeness (QED) is 0.847. The van der Waals surface area contributed by atoms with E-state index in [1.54, 1.807) is 0 Å². The number of aryl methyl sites for hydroxylation is 1. The van der Waals surface area contributed by atoms with Gasteiger partial charge in [0.25, 0.3) is 0 Å². The number of nitrogens with one attached hydrogen (secondary N) is 1. The molecule has 1 atom stereocenters. The van der Waals surface area contributed by atoms with Gasteiger partial charge in [0.15, 0.2) is 0 Å². The van der Waals surface area contributed by atoms with E-state index >= 15 is 0 Å². The molecule has 0 amide bonds. The Morgan fingerprint density at radius 2 is 2.05 bits per heavy atom. The van der Waals surface area contributed by atoms with Crippen LogP contribution in [0.3, 0.4) is 0 Å². The predicted octanol–water partition coefficient (Wildman–Crippen LogP) is 3.02. The number of hydrogen-bond acceptors (Lipinski definition) is 4. The monoisotopic (exact) mass is 284 g/mol. The molecule has 1 unspecified atom stereocenters. The van der Waals surface area contributed by atoms with Crippen LogP contribution in [-0.4, -0.2) is 35.6 Å². The number of nitrogen functional groups attached to an aromatic ring is 1. The van der Waals surface area contributed by atoms with Crippen LogP contribution < -0.4 is 11.1 Å². The Hall–Kier alpha value is -1.81. The Labute approximate surface area is 126 Å². The molecular weight excluding hydrogens is 260 g/mol. The van der Waals surface area contributed by atoms with Crippen molar-refractivity contribution in [1.82, 2.24) is 9.88 Å². The maximum atomic E-state index is 5.93. The molecule has 4 nitrogen and oxygen atoms in total. The van der Waals surface area contributed by atoms with Crippen molar-refractivity contribution in [2.24, 2.45) is 0 Å². The van der Waals surface area contributed by atoms with E-state index in [4.69, 9.17) is 5.73 Å². The van der Waals surface area contributed by atoms with Gasteiger partial charge in [-0.1, -0.05) is 0 Å². The number of nitrogens with two attached hydrogens (primary N) is 1. The topological polar surface area (TPSA) is 54.2 Å². The van der Waals surface area contributed by atoms with Crippen LogP contribution in [0.4, 0.5) is 11.4 Å². The van der Waals surface area contributed by atoms with Crippen molar-refractivity contribution in [3.8, 4) is 0 Å². The Bertz CT molecular complexity index is 632. The lowest BCUT2D eigenvalue weighted by molar-refractivity contribution is 0.328. The van der Waals surface area contributed by atoms with Gasteiger partial charge in [-0.2, -0.15) is 0 Å². The van der Waals surface area contributed by atoms with Gasteiger partial charge >= 0.3 is 0 Å². The molecule has 1 aromatic carbocycles. The highest BCUT2D eigenvalue weighted by Gasteiger charge is 2.15. The highest BCUT2D eigenvalue weighted by atomic mass is 15.2. The van der Waals surface area contributed by atoms with Gasteiger partial charge in [-0.05, 0) is 64.0 Å². The van der Waals surface area contributed by atoms with Crippen molar-refractivity contribution >= 4 is 22.3 Å². The van der Waals surface area contributed by atoms with Crippen LogP contribution in [0.25, 0.3) is 10.9 Å². The number of fused-ring (bicyclic) bond motifs is 1. The van der Waals surface area contributed by atoms with Crippen molar-refractivity contribution in [2.75, 3.05) is 30.7 Å². The number of aromatic nitrogens is 1. The summed E-state index contributed by atoms with van der Waals surface area (Å²) in [5, 5.41) is 4.75. The molecule has 2 aromatic rings. The molecule has 3 N–H and O–H groups in total. The molecule has 21 heavy (non-hydrogen) atoms. The Morgan fingerprint density at radius 1 is 1.29 bits per heavy atom. The van der Waals surface area contributed by atoms with E-state index in [0.717, 1.165) is 34.5 Å². The lowest BCUT2D eigenvalue weighted by atomic mass is 10.1. The average molecular weight is 284 g/mol. The summed E-state index contributed by atoms with van der Waals surface area (Å²) in [5.74, 6) is 0. The summed E-state index contributed by atoms with van der Waals surface area (Å²) < 4.78 is 0. The normalized spacial score (nSPS) is 17.2. The minimum Gasteiger partial charge on any atom is -0.399 e. The third-order valence-electron chi connectivity index (χ3n) is 4.09.